The summed E-state index contributed by atoms with van der Waals surface area (Å²) in [4.78, 5) is 11.8. The highest BCUT2D eigenvalue weighted by Crippen LogP contribution is 2.52. The van der Waals surface area contributed by atoms with E-state index < -0.39 is 29.3 Å². The Bertz CT molecular complexity index is 948. The van der Waals surface area contributed by atoms with Gasteiger partial charge in [-0.15, -0.1) is 0 Å². The monoisotopic (exact) mass is 405 g/mol. The third kappa shape index (κ3) is 2.67. The minimum absolute atomic E-state index is 0.249. The van der Waals surface area contributed by atoms with Gasteiger partial charge in [0.2, 0.25) is 0 Å². The average molecular weight is 405 g/mol. The lowest BCUT2D eigenvalue weighted by atomic mass is 9.81. The van der Waals surface area contributed by atoms with Crippen molar-refractivity contribution in [2.75, 3.05) is 5.32 Å². The molecule has 0 aliphatic heterocycles. The lowest BCUT2D eigenvalue weighted by Gasteiger charge is -2.28. The lowest BCUT2D eigenvalue weighted by molar-refractivity contribution is -0.343. The second-order valence-electron chi connectivity index (χ2n) is 7.00. The maximum atomic E-state index is 13.7. The van der Waals surface area contributed by atoms with E-state index in [0.29, 0.717) is 11.1 Å². The van der Waals surface area contributed by atoms with Gasteiger partial charge < -0.3 is 5.32 Å². The lowest BCUT2D eigenvalue weighted by Crippen LogP contribution is -2.57. The van der Waals surface area contributed by atoms with E-state index in [2.05, 4.69) is 0 Å². The molecule has 2 aromatic rings. The number of amides is 1. The van der Waals surface area contributed by atoms with Gasteiger partial charge in [-0.1, -0.05) is 50.2 Å². The topological polar surface area (TPSA) is 29.1 Å². The molecule has 0 atom stereocenters. The van der Waals surface area contributed by atoms with Crippen LogP contribution in [-0.4, -0.2) is 23.9 Å². The number of carbonyl (C=O) groups excluding carboxylic acids is 1. The van der Waals surface area contributed by atoms with Crippen LogP contribution in [0.3, 0.4) is 0 Å². The number of rotatable bonds is 3. The van der Waals surface area contributed by atoms with Gasteiger partial charge in [-0.05, 0) is 28.3 Å². The van der Waals surface area contributed by atoms with E-state index in [4.69, 9.17) is 0 Å². The van der Waals surface area contributed by atoms with Crippen molar-refractivity contribution in [2.45, 2.75) is 37.3 Å². The Hall–Kier alpha value is -2.58. The first-order valence-corrected chi connectivity index (χ1v) is 8.10. The minimum Gasteiger partial charge on any atom is -0.320 e. The third-order valence-electron chi connectivity index (χ3n) is 4.86. The molecule has 0 saturated carbocycles. The van der Waals surface area contributed by atoms with Crippen LogP contribution in [0.25, 0.3) is 11.1 Å². The largest absolute Gasteiger partial charge is 0.460 e. The average Bonchev–Trinajstić information content (AvgIpc) is 2.83. The summed E-state index contributed by atoms with van der Waals surface area (Å²) in [6.45, 7) is 3.46. The maximum Gasteiger partial charge on any atom is 0.460 e. The van der Waals surface area contributed by atoms with E-state index in [9.17, 15) is 35.5 Å². The van der Waals surface area contributed by atoms with E-state index in [1.54, 1.807) is 49.5 Å². The number of nitrogens with one attached hydrogen (secondary N) is 1. The number of fused-ring (bicyclic) bond motifs is 3. The first-order valence-electron chi connectivity index (χ1n) is 8.10. The van der Waals surface area contributed by atoms with Crippen LogP contribution in [0.1, 0.15) is 25.0 Å². The standard InChI is InChI=1S/C19H14F7NO/c1-16(2)12-8-4-3-6-10(12)11-7-5-9-13(14(11)16)27-15(28)17(20,21)18(22,23)19(24,25)26/h3-9H,1-2H3,(H,27,28). The Kier molecular flexibility index (Phi) is 4.29. The summed E-state index contributed by atoms with van der Waals surface area (Å²) in [6.07, 6.45) is -6.58. The molecule has 2 aromatic carbocycles. The summed E-state index contributed by atoms with van der Waals surface area (Å²) in [5.74, 6) is -15.2. The summed E-state index contributed by atoms with van der Waals surface area (Å²) < 4.78 is 90.8. The normalized spacial score (nSPS) is 15.8. The van der Waals surface area contributed by atoms with E-state index >= 15 is 0 Å². The zero-order valence-corrected chi connectivity index (χ0v) is 14.6. The molecule has 1 N–H and O–H groups in total. The zero-order chi connectivity index (χ0) is 21.1. The summed E-state index contributed by atoms with van der Waals surface area (Å²) >= 11 is 0. The number of anilines is 1. The second kappa shape index (κ2) is 5.96. The van der Waals surface area contributed by atoms with Gasteiger partial charge in [-0.2, -0.15) is 30.7 Å². The molecule has 0 saturated heterocycles. The van der Waals surface area contributed by atoms with Crippen LogP contribution in [0.15, 0.2) is 42.5 Å². The van der Waals surface area contributed by atoms with E-state index in [-0.39, 0.29) is 5.69 Å². The number of alkyl halides is 7. The zero-order valence-electron chi connectivity index (χ0n) is 14.6. The molecule has 1 aliphatic carbocycles. The summed E-state index contributed by atoms with van der Waals surface area (Å²) in [7, 11) is 0. The summed E-state index contributed by atoms with van der Waals surface area (Å²) in [5, 5.41) is 1.58. The fourth-order valence-corrected chi connectivity index (χ4v) is 3.47. The van der Waals surface area contributed by atoms with Crippen LogP contribution in [0, 0.1) is 0 Å². The van der Waals surface area contributed by atoms with Gasteiger partial charge in [-0.25, -0.2) is 0 Å². The van der Waals surface area contributed by atoms with Crippen molar-refractivity contribution in [1.82, 2.24) is 0 Å². The minimum atomic E-state index is -6.58. The molecule has 3 rings (SSSR count). The van der Waals surface area contributed by atoms with Crippen molar-refractivity contribution < 1.29 is 35.5 Å². The predicted molar refractivity (Wildman–Crippen MR) is 88.6 cm³/mol. The van der Waals surface area contributed by atoms with Crippen LogP contribution in [0.5, 0.6) is 0 Å². The van der Waals surface area contributed by atoms with Gasteiger partial charge in [0.1, 0.15) is 0 Å². The Labute approximate surface area is 155 Å². The van der Waals surface area contributed by atoms with Crippen molar-refractivity contribution in [3.8, 4) is 11.1 Å². The Morgan fingerprint density at radius 2 is 1.43 bits per heavy atom. The van der Waals surface area contributed by atoms with Gasteiger partial charge in [0.15, 0.2) is 0 Å². The van der Waals surface area contributed by atoms with Crippen molar-refractivity contribution in [2.24, 2.45) is 0 Å². The van der Waals surface area contributed by atoms with Gasteiger partial charge in [0.25, 0.3) is 0 Å². The van der Waals surface area contributed by atoms with Gasteiger partial charge in [0.05, 0.1) is 0 Å². The molecule has 0 unspecified atom stereocenters. The molecule has 9 heteroatoms. The van der Waals surface area contributed by atoms with Crippen LogP contribution in [0.2, 0.25) is 0 Å². The predicted octanol–water partition coefficient (Wildman–Crippen LogP) is 5.76. The molecular formula is C19H14F7NO. The van der Waals surface area contributed by atoms with Crippen molar-refractivity contribution in [3.05, 3.63) is 53.6 Å². The highest BCUT2D eigenvalue weighted by molar-refractivity contribution is 6.00. The Morgan fingerprint density at radius 3 is 2.04 bits per heavy atom. The molecule has 150 valence electrons. The van der Waals surface area contributed by atoms with E-state index in [1.807, 2.05) is 0 Å². The molecule has 0 bridgehead atoms. The van der Waals surface area contributed by atoms with Crippen LogP contribution < -0.4 is 5.32 Å². The molecule has 28 heavy (non-hydrogen) atoms. The van der Waals surface area contributed by atoms with Crippen molar-refractivity contribution >= 4 is 11.6 Å². The smallest absolute Gasteiger partial charge is 0.320 e. The second-order valence-corrected chi connectivity index (χ2v) is 7.00. The Morgan fingerprint density at radius 1 is 0.857 bits per heavy atom. The summed E-state index contributed by atoms with van der Waals surface area (Å²) in [5.41, 5.74) is 1.45. The molecule has 0 radical (unpaired) electrons. The van der Waals surface area contributed by atoms with Gasteiger partial charge >= 0.3 is 23.9 Å². The molecular weight excluding hydrogens is 391 g/mol. The van der Waals surface area contributed by atoms with Crippen molar-refractivity contribution in [1.29, 1.82) is 0 Å². The highest BCUT2D eigenvalue weighted by atomic mass is 19.4. The Balaban J connectivity index is 2.04. The fourth-order valence-electron chi connectivity index (χ4n) is 3.47. The molecule has 0 fully saturated rings. The number of hydrogen-bond donors (Lipinski definition) is 1. The first kappa shape index (κ1) is 20.2. The number of hydrogen-bond acceptors (Lipinski definition) is 1. The van der Waals surface area contributed by atoms with E-state index in [0.717, 1.165) is 11.1 Å². The molecule has 0 aromatic heterocycles. The highest BCUT2D eigenvalue weighted by Gasteiger charge is 2.76. The van der Waals surface area contributed by atoms with Gasteiger partial charge in [-0.3, -0.25) is 4.79 Å². The molecule has 1 aliphatic rings. The fraction of sp³-hybridized carbons (Fsp3) is 0.316. The van der Waals surface area contributed by atoms with Crippen LogP contribution in [0.4, 0.5) is 36.4 Å². The summed E-state index contributed by atoms with van der Waals surface area (Å²) in [6, 6.07) is 11.3. The first-order chi connectivity index (χ1) is 12.7. The quantitative estimate of drug-likeness (QED) is 0.646. The maximum absolute atomic E-state index is 13.7. The SMILES string of the molecule is CC1(C)c2ccccc2-c2cccc(NC(=O)C(F)(F)C(F)(F)C(F)(F)F)c21. The molecule has 1 amide bonds. The number of benzene rings is 2. The van der Waals surface area contributed by atoms with Crippen LogP contribution >= 0.6 is 0 Å². The van der Waals surface area contributed by atoms with Crippen LogP contribution in [-0.2, 0) is 10.2 Å². The van der Waals surface area contributed by atoms with Crippen molar-refractivity contribution in [3.63, 3.8) is 0 Å². The third-order valence-corrected chi connectivity index (χ3v) is 4.86. The number of halogens is 7. The molecule has 0 spiro atoms. The molecule has 0 heterocycles. The number of carbonyl (C=O) groups is 1. The van der Waals surface area contributed by atoms with Gasteiger partial charge in [0, 0.05) is 11.1 Å². The molecule has 2 nitrogen and oxygen atoms in total. The van der Waals surface area contributed by atoms with E-state index in [1.165, 1.54) is 12.1 Å².